The quantitative estimate of drug-likeness (QED) is 0.872. The van der Waals surface area contributed by atoms with Crippen LogP contribution < -0.4 is 10.1 Å². The standard InChI is InChI=1S/C12H16FNO.C2H6/c1-2-9-3-4-11(13)12(5-9)15-8-10-6-14-7-10;1-2/h3-5,10,14H,2,6-8H2,1H3;1-2H3. The van der Waals surface area contributed by atoms with E-state index in [1.807, 2.05) is 20.8 Å². The monoisotopic (exact) mass is 239 g/mol. The van der Waals surface area contributed by atoms with E-state index in [4.69, 9.17) is 4.74 Å². The van der Waals surface area contributed by atoms with E-state index in [0.29, 0.717) is 18.3 Å². The largest absolute Gasteiger partial charge is 0.490 e. The summed E-state index contributed by atoms with van der Waals surface area (Å²) < 4.78 is 18.8. The first kappa shape index (κ1) is 14.0. The molecule has 0 amide bonds. The molecule has 1 N–H and O–H groups in total. The molecule has 1 fully saturated rings. The third kappa shape index (κ3) is 4.00. The highest BCUT2D eigenvalue weighted by Crippen LogP contribution is 2.20. The molecule has 0 atom stereocenters. The molecule has 0 bridgehead atoms. The zero-order valence-corrected chi connectivity index (χ0v) is 10.9. The average molecular weight is 239 g/mol. The van der Waals surface area contributed by atoms with Crippen molar-refractivity contribution in [3.05, 3.63) is 29.6 Å². The van der Waals surface area contributed by atoms with E-state index < -0.39 is 0 Å². The Balaban J connectivity index is 0.000000686. The predicted octanol–water partition coefficient (Wildman–Crippen LogP) is 3.01. The molecule has 0 saturated carbocycles. The van der Waals surface area contributed by atoms with Crippen molar-refractivity contribution in [1.82, 2.24) is 5.32 Å². The van der Waals surface area contributed by atoms with Gasteiger partial charge in [0.05, 0.1) is 6.61 Å². The highest BCUT2D eigenvalue weighted by Gasteiger charge is 2.17. The highest BCUT2D eigenvalue weighted by molar-refractivity contribution is 5.30. The molecule has 0 aliphatic carbocycles. The maximum atomic E-state index is 13.3. The Morgan fingerprint density at radius 2 is 2.06 bits per heavy atom. The van der Waals surface area contributed by atoms with Crippen LogP contribution in [0.25, 0.3) is 0 Å². The van der Waals surface area contributed by atoms with Crippen LogP contribution >= 0.6 is 0 Å². The van der Waals surface area contributed by atoms with Gasteiger partial charge in [-0.05, 0) is 24.1 Å². The predicted molar refractivity (Wildman–Crippen MR) is 69.0 cm³/mol. The van der Waals surface area contributed by atoms with Crippen LogP contribution in [0.15, 0.2) is 18.2 Å². The van der Waals surface area contributed by atoms with Crippen molar-refractivity contribution >= 4 is 0 Å². The van der Waals surface area contributed by atoms with Crippen molar-refractivity contribution in [3.8, 4) is 5.75 Å². The van der Waals surface area contributed by atoms with Gasteiger partial charge >= 0.3 is 0 Å². The minimum atomic E-state index is -0.264. The molecule has 1 aliphatic rings. The van der Waals surface area contributed by atoms with Crippen LogP contribution in [-0.4, -0.2) is 19.7 Å². The van der Waals surface area contributed by atoms with Crippen LogP contribution in [0.1, 0.15) is 26.3 Å². The minimum Gasteiger partial charge on any atom is -0.490 e. The summed E-state index contributed by atoms with van der Waals surface area (Å²) in [6, 6.07) is 5.07. The van der Waals surface area contributed by atoms with Gasteiger partial charge in [-0.15, -0.1) is 0 Å². The summed E-state index contributed by atoms with van der Waals surface area (Å²) in [4.78, 5) is 0. The smallest absolute Gasteiger partial charge is 0.165 e. The van der Waals surface area contributed by atoms with Gasteiger partial charge in [0.25, 0.3) is 0 Å². The molecular weight excluding hydrogens is 217 g/mol. The van der Waals surface area contributed by atoms with Crippen molar-refractivity contribution in [2.75, 3.05) is 19.7 Å². The summed E-state index contributed by atoms with van der Waals surface area (Å²) in [6.07, 6.45) is 0.904. The number of rotatable bonds is 4. The number of hydrogen-bond donors (Lipinski definition) is 1. The Morgan fingerprint density at radius 1 is 1.35 bits per heavy atom. The van der Waals surface area contributed by atoms with E-state index in [1.165, 1.54) is 6.07 Å². The lowest BCUT2D eigenvalue weighted by molar-refractivity contribution is 0.193. The second-order valence-electron chi connectivity index (χ2n) is 3.95. The topological polar surface area (TPSA) is 21.3 Å². The van der Waals surface area contributed by atoms with Gasteiger partial charge in [-0.3, -0.25) is 0 Å². The third-order valence-corrected chi connectivity index (χ3v) is 2.74. The number of halogens is 1. The third-order valence-electron chi connectivity index (χ3n) is 2.74. The van der Waals surface area contributed by atoms with Gasteiger partial charge in [0.1, 0.15) is 0 Å². The van der Waals surface area contributed by atoms with Gasteiger partial charge in [0.15, 0.2) is 11.6 Å². The van der Waals surface area contributed by atoms with Crippen molar-refractivity contribution in [1.29, 1.82) is 0 Å². The molecule has 2 nitrogen and oxygen atoms in total. The van der Waals surface area contributed by atoms with Gasteiger partial charge in [-0.2, -0.15) is 0 Å². The number of ether oxygens (including phenoxy) is 1. The van der Waals surface area contributed by atoms with E-state index in [9.17, 15) is 4.39 Å². The maximum Gasteiger partial charge on any atom is 0.165 e. The molecule has 3 heteroatoms. The van der Waals surface area contributed by atoms with E-state index in [-0.39, 0.29) is 5.82 Å². The molecule has 0 radical (unpaired) electrons. The molecule has 1 aromatic rings. The molecule has 1 aromatic carbocycles. The lowest BCUT2D eigenvalue weighted by atomic mass is 10.1. The van der Waals surface area contributed by atoms with Gasteiger partial charge in [0, 0.05) is 19.0 Å². The summed E-state index contributed by atoms with van der Waals surface area (Å²) in [5.74, 6) is 0.662. The Labute approximate surface area is 103 Å². The normalized spacial score (nSPS) is 14.6. The second kappa shape index (κ2) is 7.28. The van der Waals surface area contributed by atoms with Crippen LogP contribution in [0.3, 0.4) is 0 Å². The van der Waals surface area contributed by atoms with Crippen LogP contribution in [0.5, 0.6) is 5.75 Å². The molecule has 1 aliphatic heterocycles. The van der Waals surface area contributed by atoms with Crippen molar-refractivity contribution in [2.45, 2.75) is 27.2 Å². The first-order chi connectivity index (χ1) is 8.29. The average Bonchev–Trinajstić information content (AvgIpc) is 2.32. The fraction of sp³-hybridized carbons (Fsp3) is 0.571. The molecular formula is C14H22FNO. The Bertz CT molecular complexity index is 337. The minimum absolute atomic E-state index is 0.264. The Kier molecular flexibility index (Phi) is 5.98. The first-order valence-electron chi connectivity index (χ1n) is 6.41. The molecule has 0 spiro atoms. The zero-order chi connectivity index (χ0) is 12.7. The SMILES string of the molecule is CC.CCc1ccc(F)c(OCC2CNC2)c1. The molecule has 2 rings (SSSR count). The van der Waals surface area contributed by atoms with Gasteiger partial charge in [-0.25, -0.2) is 4.39 Å². The summed E-state index contributed by atoms with van der Waals surface area (Å²) >= 11 is 0. The number of aryl methyl sites for hydroxylation is 1. The first-order valence-corrected chi connectivity index (χ1v) is 6.41. The van der Waals surface area contributed by atoms with Crippen LogP contribution in [-0.2, 0) is 6.42 Å². The van der Waals surface area contributed by atoms with E-state index >= 15 is 0 Å². The van der Waals surface area contributed by atoms with E-state index in [0.717, 1.165) is 25.1 Å². The summed E-state index contributed by atoms with van der Waals surface area (Å²) in [5, 5.41) is 3.16. The number of benzene rings is 1. The van der Waals surface area contributed by atoms with Crippen molar-refractivity contribution < 1.29 is 9.13 Å². The van der Waals surface area contributed by atoms with Crippen LogP contribution in [0.4, 0.5) is 4.39 Å². The van der Waals surface area contributed by atoms with Crippen molar-refractivity contribution in [2.24, 2.45) is 5.92 Å². The van der Waals surface area contributed by atoms with Crippen LogP contribution in [0.2, 0.25) is 0 Å². The maximum absolute atomic E-state index is 13.3. The Morgan fingerprint density at radius 3 is 2.59 bits per heavy atom. The summed E-state index contributed by atoms with van der Waals surface area (Å²) in [5.41, 5.74) is 1.11. The number of hydrogen-bond acceptors (Lipinski definition) is 2. The van der Waals surface area contributed by atoms with E-state index in [1.54, 1.807) is 12.1 Å². The fourth-order valence-electron chi connectivity index (χ4n) is 1.55. The highest BCUT2D eigenvalue weighted by atomic mass is 19.1. The van der Waals surface area contributed by atoms with Gasteiger partial charge < -0.3 is 10.1 Å². The van der Waals surface area contributed by atoms with Crippen LogP contribution in [0, 0.1) is 11.7 Å². The van der Waals surface area contributed by atoms with Gasteiger partial charge in [0.2, 0.25) is 0 Å². The molecule has 96 valence electrons. The lowest BCUT2D eigenvalue weighted by Gasteiger charge is -2.26. The Hall–Kier alpha value is -1.09. The number of nitrogens with one attached hydrogen (secondary N) is 1. The molecule has 0 unspecified atom stereocenters. The molecule has 0 aromatic heterocycles. The van der Waals surface area contributed by atoms with E-state index in [2.05, 4.69) is 5.32 Å². The summed E-state index contributed by atoms with van der Waals surface area (Å²) in [7, 11) is 0. The zero-order valence-electron chi connectivity index (χ0n) is 10.9. The fourth-order valence-corrected chi connectivity index (χ4v) is 1.55. The summed E-state index contributed by atoms with van der Waals surface area (Å²) in [6.45, 7) is 8.62. The lowest BCUT2D eigenvalue weighted by Crippen LogP contribution is -2.45. The van der Waals surface area contributed by atoms with Crippen molar-refractivity contribution in [3.63, 3.8) is 0 Å². The molecule has 17 heavy (non-hydrogen) atoms. The molecule has 1 saturated heterocycles. The van der Waals surface area contributed by atoms with Gasteiger partial charge in [-0.1, -0.05) is 26.8 Å². The second-order valence-corrected chi connectivity index (χ2v) is 3.95. The molecule has 1 heterocycles.